The maximum Gasteiger partial charge on any atom is 0.211 e. The Morgan fingerprint density at radius 3 is 2.86 bits per heavy atom. The predicted octanol–water partition coefficient (Wildman–Crippen LogP) is 0.499. The lowest BCUT2D eigenvalue weighted by Gasteiger charge is -2.03. The SMILES string of the molecule is O=C1c2ccccc2-n2c1cc(C=NC[C@H](O)CO)c2O. The number of fused-ring (bicyclic) bond motifs is 3. The molecule has 1 aliphatic heterocycles. The van der Waals surface area contributed by atoms with Gasteiger partial charge in [0.2, 0.25) is 11.7 Å². The van der Waals surface area contributed by atoms with Crippen LogP contribution in [-0.2, 0) is 0 Å². The number of aliphatic imine (C=N–C) groups is 1. The summed E-state index contributed by atoms with van der Waals surface area (Å²) >= 11 is 0. The van der Waals surface area contributed by atoms with E-state index in [0.717, 1.165) is 0 Å². The molecule has 6 nitrogen and oxygen atoms in total. The average Bonchev–Trinajstić information content (AvgIpc) is 2.97. The third kappa shape index (κ3) is 2.14. The van der Waals surface area contributed by atoms with Crippen molar-refractivity contribution in [3.05, 3.63) is 47.2 Å². The summed E-state index contributed by atoms with van der Waals surface area (Å²) in [6.45, 7) is -0.345. The van der Waals surface area contributed by atoms with Gasteiger partial charge in [0.25, 0.3) is 0 Å². The van der Waals surface area contributed by atoms with Crippen LogP contribution in [0.2, 0.25) is 0 Å². The number of nitrogens with zero attached hydrogens (tertiary/aromatic N) is 2. The van der Waals surface area contributed by atoms with Gasteiger partial charge in [-0.1, -0.05) is 12.1 Å². The van der Waals surface area contributed by atoms with Crippen LogP contribution in [0.1, 0.15) is 21.6 Å². The Labute approximate surface area is 120 Å². The van der Waals surface area contributed by atoms with Crippen LogP contribution >= 0.6 is 0 Å². The standard InChI is InChI=1S/C15H14N2O4/c18-8-10(19)7-16-6-9-5-13-14(20)11-3-1-2-4-12(11)17(13)15(9)21/h1-6,10,18-19,21H,7-8H2/t10-/m0/s1. The number of aromatic nitrogens is 1. The first kappa shape index (κ1) is 13.5. The van der Waals surface area contributed by atoms with Gasteiger partial charge in [-0.15, -0.1) is 0 Å². The highest BCUT2D eigenvalue weighted by atomic mass is 16.3. The summed E-state index contributed by atoms with van der Waals surface area (Å²) in [6.07, 6.45) is 0.454. The summed E-state index contributed by atoms with van der Waals surface area (Å²) in [5, 5.41) is 28.2. The number of aliphatic hydroxyl groups excluding tert-OH is 2. The fourth-order valence-electron chi connectivity index (χ4n) is 2.35. The number of ketones is 1. The largest absolute Gasteiger partial charge is 0.494 e. The van der Waals surface area contributed by atoms with Gasteiger partial charge in [0, 0.05) is 11.8 Å². The van der Waals surface area contributed by atoms with Crippen molar-refractivity contribution in [1.82, 2.24) is 4.57 Å². The molecule has 0 amide bonds. The van der Waals surface area contributed by atoms with Crippen LogP contribution in [0.25, 0.3) is 5.69 Å². The van der Waals surface area contributed by atoms with Crippen LogP contribution in [0.15, 0.2) is 35.3 Å². The molecular formula is C15H14N2O4. The van der Waals surface area contributed by atoms with E-state index in [0.29, 0.717) is 22.5 Å². The lowest BCUT2D eigenvalue weighted by Crippen LogP contribution is -2.15. The van der Waals surface area contributed by atoms with Crippen LogP contribution in [-0.4, -0.2) is 51.1 Å². The zero-order chi connectivity index (χ0) is 15.0. The molecule has 21 heavy (non-hydrogen) atoms. The summed E-state index contributed by atoms with van der Waals surface area (Å²) in [4.78, 5) is 16.2. The van der Waals surface area contributed by atoms with E-state index in [-0.39, 0.29) is 24.8 Å². The van der Waals surface area contributed by atoms with Crippen LogP contribution in [0.3, 0.4) is 0 Å². The van der Waals surface area contributed by atoms with Crippen molar-refractivity contribution >= 4 is 12.0 Å². The van der Waals surface area contributed by atoms with E-state index in [1.165, 1.54) is 10.8 Å². The molecule has 0 aliphatic carbocycles. The topological polar surface area (TPSA) is 95.1 Å². The first-order valence-corrected chi connectivity index (χ1v) is 6.51. The number of hydrogen-bond acceptors (Lipinski definition) is 5. The van der Waals surface area contributed by atoms with E-state index in [1.807, 2.05) is 0 Å². The van der Waals surface area contributed by atoms with Gasteiger partial charge in [0.05, 0.1) is 36.2 Å². The van der Waals surface area contributed by atoms with Crippen molar-refractivity contribution in [1.29, 1.82) is 0 Å². The molecule has 0 spiro atoms. The maximum atomic E-state index is 12.2. The number of benzene rings is 1. The lowest BCUT2D eigenvalue weighted by molar-refractivity contribution is 0.102. The number of rotatable bonds is 4. The van der Waals surface area contributed by atoms with Gasteiger partial charge in [0.15, 0.2) is 0 Å². The summed E-state index contributed by atoms with van der Waals surface area (Å²) in [7, 11) is 0. The van der Waals surface area contributed by atoms with Crippen molar-refractivity contribution < 1.29 is 20.1 Å². The first-order valence-electron chi connectivity index (χ1n) is 6.51. The lowest BCUT2D eigenvalue weighted by atomic mass is 10.1. The Hall–Kier alpha value is -2.44. The molecule has 0 unspecified atom stereocenters. The van der Waals surface area contributed by atoms with Crippen molar-refractivity contribution in [2.24, 2.45) is 4.99 Å². The Morgan fingerprint density at radius 2 is 2.10 bits per heavy atom. The van der Waals surface area contributed by atoms with E-state index in [4.69, 9.17) is 5.11 Å². The Bertz CT molecular complexity index is 733. The normalized spacial score (nSPS) is 14.5. The first-order chi connectivity index (χ1) is 10.1. The monoisotopic (exact) mass is 286 g/mol. The van der Waals surface area contributed by atoms with Crippen LogP contribution in [0, 0.1) is 0 Å². The second-order valence-corrected chi connectivity index (χ2v) is 4.82. The fourth-order valence-corrected chi connectivity index (χ4v) is 2.35. The molecule has 2 aromatic rings. The van der Waals surface area contributed by atoms with E-state index in [9.17, 15) is 15.0 Å². The Morgan fingerprint density at radius 1 is 1.33 bits per heavy atom. The van der Waals surface area contributed by atoms with Crippen molar-refractivity contribution in [2.45, 2.75) is 6.10 Å². The number of carbonyl (C=O) groups excluding carboxylic acids is 1. The van der Waals surface area contributed by atoms with Gasteiger partial charge in [-0.2, -0.15) is 0 Å². The third-order valence-corrected chi connectivity index (χ3v) is 3.38. The van der Waals surface area contributed by atoms with Gasteiger partial charge < -0.3 is 15.3 Å². The molecule has 1 aromatic carbocycles. The minimum Gasteiger partial charge on any atom is -0.494 e. The van der Waals surface area contributed by atoms with Gasteiger partial charge in [-0.3, -0.25) is 14.4 Å². The van der Waals surface area contributed by atoms with Gasteiger partial charge >= 0.3 is 0 Å². The second-order valence-electron chi connectivity index (χ2n) is 4.82. The second kappa shape index (κ2) is 5.16. The predicted molar refractivity (Wildman–Crippen MR) is 76.4 cm³/mol. The summed E-state index contributed by atoms with van der Waals surface area (Å²) in [5.41, 5.74) is 1.99. The fraction of sp³-hybridized carbons (Fsp3) is 0.200. The summed E-state index contributed by atoms with van der Waals surface area (Å²) in [5.74, 6) is -0.207. The highest BCUT2D eigenvalue weighted by Gasteiger charge is 2.30. The molecule has 3 rings (SSSR count). The van der Waals surface area contributed by atoms with Crippen molar-refractivity contribution in [3.63, 3.8) is 0 Å². The van der Waals surface area contributed by atoms with Crippen molar-refractivity contribution in [2.75, 3.05) is 13.2 Å². The molecule has 2 heterocycles. The number of hydrogen-bond donors (Lipinski definition) is 3. The van der Waals surface area contributed by atoms with E-state index in [1.54, 1.807) is 30.3 Å². The minimum absolute atomic E-state index is 0.0288. The number of aromatic hydroxyl groups is 1. The molecule has 3 N–H and O–H groups in total. The molecule has 1 aromatic heterocycles. The summed E-state index contributed by atoms with van der Waals surface area (Å²) < 4.78 is 1.49. The molecule has 0 saturated heterocycles. The average molecular weight is 286 g/mol. The van der Waals surface area contributed by atoms with Gasteiger partial charge in [0.1, 0.15) is 0 Å². The van der Waals surface area contributed by atoms with Crippen LogP contribution < -0.4 is 0 Å². The molecule has 1 atom stereocenters. The Kier molecular flexibility index (Phi) is 3.32. The Balaban J connectivity index is 1.96. The highest BCUT2D eigenvalue weighted by Crippen LogP contribution is 2.35. The highest BCUT2D eigenvalue weighted by molar-refractivity contribution is 6.15. The van der Waals surface area contributed by atoms with E-state index in [2.05, 4.69) is 4.99 Å². The molecule has 1 aliphatic rings. The van der Waals surface area contributed by atoms with Crippen LogP contribution in [0.5, 0.6) is 5.88 Å². The zero-order valence-corrected chi connectivity index (χ0v) is 11.1. The van der Waals surface area contributed by atoms with Gasteiger partial charge in [-0.25, -0.2) is 0 Å². The van der Waals surface area contributed by atoms with E-state index < -0.39 is 6.10 Å². The maximum absolute atomic E-state index is 12.2. The molecule has 108 valence electrons. The quantitative estimate of drug-likeness (QED) is 0.609. The number of carbonyl (C=O) groups is 1. The summed E-state index contributed by atoms with van der Waals surface area (Å²) in [6, 6.07) is 8.62. The molecule has 0 saturated carbocycles. The van der Waals surface area contributed by atoms with E-state index >= 15 is 0 Å². The van der Waals surface area contributed by atoms with Crippen molar-refractivity contribution in [3.8, 4) is 11.6 Å². The van der Waals surface area contributed by atoms with Crippen LogP contribution in [0.4, 0.5) is 0 Å². The number of para-hydroxylation sites is 1. The molecular weight excluding hydrogens is 272 g/mol. The smallest absolute Gasteiger partial charge is 0.211 e. The molecule has 0 radical (unpaired) electrons. The third-order valence-electron chi connectivity index (χ3n) is 3.38. The molecule has 0 bridgehead atoms. The van der Waals surface area contributed by atoms with Gasteiger partial charge in [-0.05, 0) is 18.2 Å². The molecule has 6 heteroatoms. The minimum atomic E-state index is -0.930. The molecule has 0 fully saturated rings. The zero-order valence-electron chi connectivity index (χ0n) is 11.1. The number of aliphatic hydroxyl groups is 2.